The minimum Gasteiger partial charge on any atom is -0.452 e. The number of ether oxygens (including phenoxy) is 1. The summed E-state index contributed by atoms with van der Waals surface area (Å²) in [5.74, 6) is -3.23. The molecule has 0 saturated carbocycles. The van der Waals surface area contributed by atoms with Crippen molar-refractivity contribution in [3.63, 3.8) is 0 Å². The van der Waals surface area contributed by atoms with Crippen molar-refractivity contribution in [2.24, 2.45) is 0 Å². The predicted octanol–water partition coefficient (Wildman–Crippen LogP) is 3.48. The minimum absolute atomic E-state index is 0.0428. The lowest BCUT2D eigenvalue weighted by Crippen LogP contribution is -1.97. The van der Waals surface area contributed by atoms with Gasteiger partial charge in [0.1, 0.15) is 11.6 Å². The maximum atomic E-state index is 13.4. The number of nitrogens with two attached hydrogens (primary N) is 1. The zero-order valence-electron chi connectivity index (χ0n) is 8.58. The van der Waals surface area contributed by atoms with E-state index in [1.165, 1.54) is 24.3 Å². The summed E-state index contributed by atoms with van der Waals surface area (Å²) in [5.41, 5.74) is 5.39. The molecule has 2 nitrogen and oxygen atoms in total. The zero-order valence-corrected chi connectivity index (χ0v) is 8.58. The Morgan fingerprint density at radius 2 is 1.76 bits per heavy atom. The minimum atomic E-state index is -1.20. The van der Waals surface area contributed by atoms with Crippen LogP contribution in [0.2, 0.25) is 0 Å². The van der Waals surface area contributed by atoms with Crippen LogP contribution in [0.25, 0.3) is 0 Å². The van der Waals surface area contributed by atoms with Gasteiger partial charge in [0.25, 0.3) is 0 Å². The van der Waals surface area contributed by atoms with Gasteiger partial charge in [-0.05, 0) is 24.3 Å². The summed E-state index contributed by atoms with van der Waals surface area (Å²) in [6.07, 6.45) is 0. The summed E-state index contributed by atoms with van der Waals surface area (Å²) in [4.78, 5) is 0. The zero-order chi connectivity index (χ0) is 12.4. The van der Waals surface area contributed by atoms with E-state index < -0.39 is 23.2 Å². The van der Waals surface area contributed by atoms with Crippen molar-refractivity contribution < 1.29 is 17.9 Å². The highest BCUT2D eigenvalue weighted by Gasteiger charge is 2.14. The van der Waals surface area contributed by atoms with Crippen LogP contribution in [0.4, 0.5) is 18.9 Å². The fraction of sp³-hybridized carbons (Fsp3) is 0. The highest BCUT2D eigenvalue weighted by molar-refractivity contribution is 5.54. The number of benzene rings is 2. The van der Waals surface area contributed by atoms with E-state index in [4.69, 9.17) is 10.5 Å². The van der Waals surface area contributed by atoms with Crippen LogP contribution in [0.15, 0.2) is 36.4 Å². The van der Waals surface area contributed by atoms with Crippen LogP contribution in [0.5, 0.6) is 11.5 Å². The van der Waals surface area contributed by atoms with Crippen LogP contribution in [-0.2, 0) is 0 Å². The van der Waals surface area contributed by atoms with Gasteiger partial charge in [0.2, 0.25) is 5.82 Å². The number of halogens is 3. The summed E-state index contributed by atoms with van der Waals surface area (Å²) in [6, 6.07) is 7.11. The van der Waals surface area contributed by atoms with Gasteiger partial charge in [-0.2, -0.15) is 4.39 Å². The normalized spacial score (nSPS) is 10.3. The van der Waals surface area contributed by atoms with Gasteiger partial charge in [-0.3, -0.25) is 0 Å². The third-order valence-corrected chi connectivity index (χ3v) is 2.10. The van der Waals surface area contributed by atoms with Crippen molar-refractivity contribution >= 4 is 5.69 Å². The molecule has 2 aromatic carbocycles. The van der Waals surface area contributed by atoms with Crippen molar-refractivity contribution in [1.29, 1.82) is 0 Å². The molecule has 0 aliphatic rings. The van der Waals surface area contributed by atoms with Gasteiger partial charge < -0.3 is 10.5 Å². The maximum Gasteiger partial charge on any atom is 0.203 e. The molecule has 17 heavy (non-hydrogen) atoms. The second-order valence-electron chi connectivity index (χ2n) is 3.34. The molecule has 2 N–H and O–H groups in total. The first-order valence-electron chi connectivity index (χ1n) is 4.75. The van der Waals surface area contributed by atoms with Crippen LogP contribution in [0, 0.1) is 17.5 Å². The molecule has 0 saturated heterocycles. The van der Waals surface area contributed by atoms with Crippen molar-refractivity contribution in [2.45, 2.75) is 0 Å². The first kappa shape index (κ1) is 11.3. The van der Waals surface area contributed by atoms with E-state index in [-0.39, 0.29) is 11.4 Å². The van der Waals surface area contributed by atoms with Gasteiger partial charge >= 0.3 is 0 Å². The second kappa shape index (κ2) is 4.37. The number of anilines is 1. The molecular weight excluding hydrogens is 231 g/mol. The summed E-state index contributed by atoms with van der Waals surface area (Å²) in [6.45, 7) is 0. The molecule has 0 bridgehead atoms. The van der Waals surface area contributed by atoms with E-state index in [2.05, 4.69) is 0 Å². The number of nitrogen functional groups attached to an aromatic ring is 1. The van der Waals surface area contributed by atoms with Gasteiger partial charge in [0, 0.05) is 6.07 Å². The van der Waals surface area contributed by atoms with Crippen LogP contribution < -0.4 is 10.5 Å². The first-order chi connectivity index (χ1) is 8.08. The summed E-state index contributed by atoms with van der Waals surface area (Å²) in [7, 11) is 0. The molecule has 2 rings (SSSR count). The van der Waals surface area contributed by atoms with Crippen molar-refractivity contribution in [2.75, 3.05) is 5.73 Å². The van der Waals surface area contributed by atoms with Gasteiger partial charge in [-0.1, -0.05) is 6.07 Å². The average molecular weight is 239 g/mol. The average Bonchev–Trinajstić information content (AvgIpc) is 2.30. The van der Waals surface area contributed by atoms with Crippen molar-refractivity contribution in [3.05, 3.63) is 53.8 Å². The molecule has 88 valence electrons. The van der Waals surface area contributed by atoms with E-state index >= 15 is 0 Å². The largest absolute Gasteiger partial charge is 0.452 e. The van der Waals surface area contributed by atoms with Gasteiger partial charge in [0.15, 0.2) is 11.6 Å². The molecule has 0 aliphatic heterocycles. The molecule has 0 atom stereocenters. The summed E-state index contributed by atoms with van der Waals surface area (Å²) in [5, 5.41) is 0. The Morgan fingerprint density at radius 1 is 1.00 bits per heavy atom. The number of rotatable bonds is 2. The fourth-order valence-corrected chi connectivity index (χ4v) is 1.30. The second-order valence-corrected chi connectivity index (χ2v) is 3.34. The van der Waals surface area contributed by atoms with Crippen molar-refractivity contribution in [3.8, 4) is 11.5 Å². The Balaban J connectivity index is 2.39. The Morgan fingerprint density at radius 3 is 2.47 bits per heavy atom. The molecule has 0 aromatic heterocycles. The van der Waals surface area contributed by atoms with E-state index in [9.17, 15) is 13.2 Å². The summed E-state index contributed by atoms with van der Waals surface area (Å²) >= 11 is 0. The predicted molar refractivity (Wildman–Crippen MR) is 57.2 cm³/mol. The molecule has 0 fully saturated rings. The molecule has 0 aliphatic carbocycles. The molecule has 0 radical (unpaired) electrons. The topological polar surface area (TPSA) is 35.2 Å². The lowest BCUT2D eigenvalue weighted by atomic mass is 10.2. The first-order valence-corrected chi connectivity index (χ1v) is 4.75. The summed E-state index contributed by atoms with van der Waals surface area (Å²) < 4.78 is 44.2. The Hall–Kier alpha value is -2.17. The van der Waals surface area contributed by atoms with E-state index in [1.807, 2.05) is 0 Å². The smallest absolute Gasteiger partial charge is 0.203 e. The fourth-order valence-electron chi connectivity index (χ4n) is 1.30. The Labute approximate surface area is 95.4 Å². The van der Waals surface area contributed by atoms with Crippen LogP contribution in [0.3, 0.4) is 0 Å². The molecule has 0 spiro atoms. The van der Waals surface area contributed by atoms with Gasteiger partial charge in [-0.15, -0.1) is 0 Å². The number of hydrogen-bond donors (Lipinski definition) is 1. The van der Waals surface area contributed by atoms with Gasteiger partial charge in [-0.25, -0.2) is 8.78 Å². The van der Waals surface area contributed by atoms with Crippen LogP contribution in [-0.4, -0.2) is 0 Å². The lowest BCUT2D eigenvalue weighted by Gasteiger charge is -2.09. The quantitative estimate of drug-likeness (QED) is 0.814. The Kier molecular flexibility index (Phi) is 2.91. The maximum absolute atomic E-state index is 13.4. The van der Waals surface area contributed by atoms with E-state index in [0.717, 1.165) is 12.1 Å². The number of hydrogen-bond acceptors (Lipinski definition) is 2. The van der Waals surface area contributed by atoms with Crippen LogP contribution >= 0.6 is 0 Å². The van der Waals surface area contributed by atoms with E-state index in [1.54, 1.807) is 0 Å². The van der Waals surface area contributed by atoms with Gasteiger partial charge in [0.05, 0.1) is 5.69 Å². The SMILES string of the molecule is Nc1ccc(F)c(F)c1Oc1cccc(F)c1. The highest BCUT2D eigenvalue weighted by atomic mass is 19.2. The molecule has 0 heterocycles. The van der Waals surface area contributed by atoms with E-state index in [0.29, 0.717) is 0 Å². The molecule has 5 heteroatoms. The molecule has 0 unspecified atom stereocenters. The molecule has 0 amide bonds. The highest BCUT2D eigenvalue weighted by Crippen LogP contribution is 2.31. The molecular formula is C12H8F3NO. The van der Waals surface area contributed by atoms with Crippen molar-refractivity contribution in [1.82, 2.24) is 0 Å². The van der Waals surface area contributed by atoms with Crippen LogP contribution in [0.1, 0.15) is 0 Å². The molecule has 2 aromatic rings. The monoisotopic (exact) mass is 239 g/mol. The lowest BCUT2D eigenvalue weighted by molar-refractivity contribution is 0.416. The standard InChI is InChI=1S/C12H8F3NO/c13-7-2-1-3-8(6-7)17-12-10(16)5-4-9(14)11(12)15/h1-6H,16H2. The Bertz CT molecular complexity index is 557. The third kappa shape index (κ3) is 2.33. The third-order valence-electron chi connectivity index (χ3n) is 2.10.